The molecule has 18 heavy (non-hydrogen) atoms. The highest BCUT2D eigenvalue weighted by molar-refractivity contribution is 7.87. The van der Waals surface area contributed by atoms with Gasteiger partial charge >= 0.3 is 10.2 Å². The van der Waals surface area contributed by atoms with Gasteiger partial charge in [-0.3, -0.25) is 14.5 Å². The Kier molecular flexibility index (Phi) is 3.07. The molecule has 1 aromatic heterocycles. The fraction of sp³-hybridized carbons (Fsp3) is 0.333. The van der Waals surface area contributed by atoms with Gasteiger partial charge in [-0.2, -0.15) is 8.42 Å². The number of hydrogen-bond acceptors (Lipinski definition) is 6. The van der Waals surface area contributed by atoms with E-state index in [0.717, 1.165) is 4.90 Å². The predicted octanol–water partition coefficient (Wildman–Crippen LogP) is -0.306. The molecule has 0 N–H and O–H groups in total. The molecule has 1 aromatic rings. The molecule has 1 saturated heterocycles. The number of aromatic nitrogens is 2. The highest BCUT2D eigenvalue weighted by atomic mass is 32.3. The SMILES string of the molecule is O=Cc1cnc(N2CC(S(=O)(=O)F)CC2=O)nc1. The van der Waals surface area contributed by atoms with Crippen LogP contribution >= 0.6 is 0 Å². The molecule has 0 bridgehead atoms. The van der Waals surface area contributed by atoms with Crippen molar-refractivity contribution in [3.63, 3.8) is 0 Å². The van der Waals surface area contributed by atoms with Crippen molar-refractivity contribution in [2.45, 2.75) is 11.7 Å². The summed E-state index contributed by atoms with van der Waals surface area (Å²) in [6.45, 7) is -0.321. The number of anilines is 1. The molecule has 1 fully saturated rings. The Bertz CT molecular complexity index is 586. The van der Waals surface area contributed by atoms with E-state index in [4.69, 9.17) is 0 Å². The number of rotatable bonds is 3. The van der Waals surface area contributed by atoms with Crippen LogP contribution in [0.5, 0.6) is 0 Å². The summed E-state index contributed by atoms with van der Waals surface area (Å²) in [5.74, 6) is -0.614. The van der Waals surface area contributed by atoms with Crippen LogP contribution in [0.3, 0.4) is 0 Å². The molecule has 0 aromatic carbocycles. The van der Waals surface area contributed by atoms with Crippen molar-refractivity contribution < 1.29 is 21.9 Å². The first-order valence-electron chi connectivity index (χ1n) is 4.93. The molecule has 1 amide bonds. The maximum Gasteiger partial charge on any atom is 0.307 e. The summed E-state index contributed by atoms with van der Waals surface area (Å²) in [5.41, 5.74) is 0.222. The van der Waals surface area contributed by atoms with Crippen LogP contribution in [-0.2, 0) is 15.0 Å². The summed E-state index contributed by atoms with van der Waals surface area (Å²) >= 11 is 0. The molecule has 1 aliphatic rings. The standard InChI is InChI=1S/C9H8FN3O4S/c10-18(16,17)7-1-8(15)13(4-7)9-11-2-6(5-14)3-12-9/h2-3,5,7H,1,4H2. The molecule has 0 spiro atoms. The zero-order chi connectivity index (χ0) is 13.3. The van der Waals surface area contributed by atoms with Crippen LogP contribution in [0.25, 0.3) is 0 Å². The number of carbonyl (C=O) groups excluding carboxylic acids is 2. The van der Waals surface area contributed by atoms with E-state index in [1.54, 1.807) is 0 Å². The van der Waals surface area contributed by atoms with Crippen molar-refractivity contribution in [2.24, 2.45) is 0 Å². The Hall–Kier alpha value is -1.90. The number of carbonyl (C=O) groups is 2. The Morgan fingerprint density at radius 1 is 1.39 bits per heavy atom. The van der Waals surface area contributed by atoms with E-state index in [-0.39, 0.29) is 18.1 Å². The van der Waals surface area contributed by atoms with E-state index in [1.165, 1.54) is 12.4 Å². The van der Waals surface area contributed by atoms with E-state index in [0.29, 0.717) is 6.29 Å². The maximum absolute atomic E-state index is 12.8. The van der Waals surface area contributed by atoms with Crippen molar-refractivity contribution in [1.29, 1.82) is 0 Å². The average Bonchev–Trinajstić information content (AvgIpc) is 2.71. The zero-order valence-corrected chi connectivity index (χ0v) is 9.80. The summed E-state index contributed by atoms with van der Waals surface area (Å²) in [5, 5.41) is -1.39. The zero-order valence-electron chi connectivity index (χ0n) is 8.98. The number of halogens is 1. The molecule has 1 aliphatic heterocycles. The van der Waals surface area contributed by atoms with Crippen molar-refractivity contribution in [3.05, 3.63) is 18.0 Å². The fourth-order valence-corrected chi connectivity index (χ4v) is 2.26. The van der Waals surface area contributed by atoms with Crippen LogP contribution in [0.4, 0.5) is 9.83 Å². The van der Waals surface area contributed by atoms with Gasteiger partial charge in [-0.05, 0) is 0 Å². The maximum atomic E-state index is 12.8. The summed E-state index contributed by atoms with van der Waals surface area (Å²) in [4.78, 5) is 30.4. The van der Waals surface area contributed by atoms with Crippen molar-refractivity contribution in [3.8, 4) is 0 Å². The van der Waals surface area contributed by atoms with Gasteiger partial charge in [0.15, 0.2) is 6.29 Å². The van der Waals surface area contributed by atoms with Crippen molar-refractivity contribution in [2.75, 3.05) is 11.4 Å². The van der Waals surface area contributed by atoms with Crippen LogP contribution in [-0.4, -0.2) is 42.4 Å². The summed E-state index contributed by atoms with van der Waals surface area (Å²) in [6.07, 6.45) is 2.49. The van der Waals surface area contributed by atoms with E-state index in [9.17, 15) is 21.9 Å². The lowest BCUT2D eigenvalue weighted by atomic mass is 10.4. The van der Waals surface area contributed by atoms with Crippen LogP contribution in [0.1, 0.15) is 16.8 Å². The third-order valence-corrected chi connectivity index (χ3v) is 3.64. The van der Waals surface area contributed by atoms with E-state index in [2.05, 4.69) is 9.97 Å². The molecule has 9 heteroatoms. The van der Waals surface area contributed by atoms with Gasteiger partial charge in [0.05, 0.1) is 5.56 Å². The van der Waals surface area contributed by atoms with Gasteiger partial charge in [0.1, 0.15) is 5.25 Å². The predicted molar refractivity (Wildman–Crippen MR) is 58.2 cm³/mol. The van der Waals surface area contributed by atoms with E-state index in [1.807, 2.05) is 0 Å². The Morgan fingerprint density at radius 2 is 2.00 bits per heavy atom. The lowest BCUT2D eigenvalue weighted by Gasteiger charge is -2.12. The van der Waals surface area contributed by atoms with E-state index >= 15 is 0 Å². The molecule has 7 nitrogen and oxygen atoms in total. The second-order valence-electron chi connectivity index (χ2n) is 3.74. The molecular formula is C9H8FN3O4S. The van der Waals surface area contributed by atoms with Gasteiger partial charge in [-0.15, -0.1) is 3.89 Å². The smallest absolute Gasteiger partial charge is 0.298 e. The Balaban J connectivity index is 2.24. The molecule has 0 aliphatic carbocycles. The summed E-state index contributed by atoms with van der Waals surface area (Å²) in [7, 11) is -4.76. The van der Waals surface area contributed by atoms with Crippen molar-refractivity contribution in [1.82, 2.24) is 9.97 Å². The Labute approximate surface area is 102 Å². The van der Waals surface area contributed by atoms with Gasteiger partial charge in [0, 0.05) is 25.4 Å². The second kappa shape index (κ2) is 4.41. The monoisotopic (exact) mass is 273 g/mol. The number of amides is 1. The van der Waals surface area contributed by atoms with Gasteiger partial charge in [-0.1, -0.05) is 0 Å². The minimum Gasteiger partial charge on any atom is -0.298 e. The first kappa shape index (κ1) is 12.6. The first-order chi connectivity index (χ1) is 8.41. The summed E-state index contributed by atoms with van der Waals surface area (Å²) in [6, 6.07) is 0. The molecule has 96 valence electrons. The third-order valence-electron chi connectivity index (χ3n) is 2.52. The highest BCUT2D eigenvalue weighted by Crippen LogP contribution is 2.22. The van der Waals surface area contributed by atoms with Crippen LogP contribution in [0.2, 0.25) is 0 Å². The quantitative estimate of drug-likeness (QED) is 0.553. The van der Waals surface area contributed by atoms with Crippen molar-refractivity contribution >= 4 is 28.4 Å². The molecule has 1 unspecified atom stereocenters. The molecule has 0 saturated carbocycles. The largest absolute Gasteiger partial charge is 0.307 e. The Morgan fingerprint density at radius 3 is 2.44 bits per heavy atom. The minimum absolute atomic E-state index is 0.0447. The van der Waals surface area contributed by atoms with Crippen LogP contribution in [0.15, 0.2) is 12.4 Å². The average molecular weight is 273 g/mol. The molecule has 0 radical (unpaired) electrons. The third kappa shape index (κ3) is 2.35. The van der Waals surface area contributed by atoms with Gasteiger partial charge in [0.25, 0.3) is 0 Å². The lowest BCUT2D eigenvalue weighted by Crippen LogP contribution is -2.28. The summed E-state index contributed by atoms with van der Waals surface area (Å²) < 4.78 is 34.2. The highest BCUT2D eigenvalue weighted by Gasteiger charge is 2.40. The minimum atomic E-state index is -4.76. The second-order valence-corrected chi connectivity index (χ2v) is 5.36. The topological polar surface area (TPSA) is 97.3 Å². The van der Waals surface area contributed by atoms with E-state index < -0.39 is 27.8 Å². The van der Waals surface area contributed by atoms with Gasteiger partial charge in [0.2, 0.25) is 11.9 Å². The first-order valence-corrected chi connectivity index (χ1v) is 6.37. The van der Waals surface area contributed by atoms with Gasteiger partial charge in [-0.25, -0.2) is 9.97 Å². The number of aldehydes is 1. The normalized spacial score (nSPS) is 20.2. The van der Waals surface area contributed by atoms with Gasteiger partial charge < -0.3 is 0 Å². The number of nitrogens with zero attached hydrogens (tertiary/aromatic N) is 3. The molecule has 2 heterocycles. The molecule has 2 rings (SSSR count). The molecule has 1 atom stereocenters. The fourth-order valence-electron chi connectivity index (χ4n) is 1.59. The molecular weight excluding hydrogens is 265 g/mol. The van der Waals surface area contributed by atoms with Crippen LogP contribution < -0.4 is 4.90 Å². The van der Waals surface area contributed by atoms with Crippen LogP contribution in [0, 0.1) is 0 Å². The number of hydrogen-bond donors (Lipinski definition) is 0. The lowest BCUT2D eigenvalue weighted by molar-refractivity contribution is -0.117.